The molecular weight excluding hydrogens is 306 g/mol. The minimum Gasteiger partial charge on any atom is -0.496 e. The lowest BCUT2D eigenvalue weighted by atomic mass is 10.2. The lowest BCUT2D eigenvalue weighted by Gasteiger charge is -2.16. The highest BCUT2D eigenvalue weighted by molar-refractivity contribution is 8.00. The monoisotopic (exact) mass is 327 g/mol. The molecular formula is C15H22ClN3OS. The summed E-state index contributed by atoms with van der Waals surface area (Å²) in [6, 6.07) is 5.66. The van der Waals surface area contributed by atoms with Gasteiger partial charge in [-0.1, -0.05) is 17.7 Å². The van der Waals surface area contributed by atoms with Crippen molar-refractivity contribution >= 4 is 29.3 Å². The van der Waals surface area contributed by atoms with E-state index in [1.807, 2.05) is 30.0 Å². The molecule has 2 N–H and O–H groups in total. The number of aliphatic imine (C=N–C) groups is 1. The van der Waals surface area contributed by atoms with Crippen molar-refractivity contribution in [1.82, 2.24) is 10.6 Å². The van der Waals surface area contributed by atoms with Crippen molar-refractivity contribution in [1.29, 1.82) is 0 Å². The van der Waals surface area contributed by atoms with Gasteiger partial charge in [0.2, 0.25) is 0 Å². The van der Waals surface area contributed by atoms with Crippen molar-refractivity contribution in [2.75, 3.05) is 26.5 Å². The summed E-state index contributed by atoms with van der Waals surface area (Å²) in [5.74, 6) is 2.89. The molecule has 0 bridgehead atoms. The summed E-state index contributed by atoms with van der Waals surface area (Å²) in [5.41, 5.74) is 1.06. The molecule has 1 aromatic rings. The molecule has 1 saturated heterocycles. The molecule has 1 aliphatic heterocycles. The van der Waals surface area contributed by atoms with Gasteiger partial charge in [-0.2, -0.15) is 11.8 Å². The molecule has 0 aromatic heterocycles. The van der Waals surface area contributed by atoms with Gasteiger partial charge in [-0.25, -0.2) is 0 Å². The molecule has 1 unspecified atom stereocenters. The summed E-state index contributed by atoms with van der Waals surface area (Å²) in [6.07, 6.45) is 2.62. The summed E-state index contributed by atoms with van der Waals surface area (Å²) in [5, 5.41) is 8.07. The fourth-order valence-electron chi connectivity index (χ4n) is 2.28. The zero-order valence-corrected chi connectivity index (χ0v) is 14.1. The number of hydrogen-bond acceptors (Lipinski definition) is 3. The van der Waals surface area contributed by atoms with Crippen LogP contribution in [0.2, 0.25) is 5.02 Å². The van der Waals surface area contributed by atoms with Crippen molar-refractivity contribution in [3.8, 4) is 5.75 Å². The molecule has 0 spiro atoms. The van der Waals surface area contributed by atoms with Gasteiger partial charge < -0.3 is 15.4 Å². The van der Waals surface area contributed by atoms with Gasteiger partial charge in [0, 0.05) is 36.0 Å². The lowest BCUT2D eigenvalue weighted by Crippen LogP contribution is -2.39. The molecule has 1 atom stereocenters. The second-order valence-electron chi connectivity index (χ2n) is 4.90. The van der Waals surface area contributed by atoms with Crippen LogP contribution in [0.25, 0.3) is 0 Å². The maximum absolute atomic E-state index is 5.97. The normalized spacial score (nSPS) is 18.6. The fourth-order valence-corrected chi connectivity index (χ4v) is 3.64. The van der Waals surface area contributed by atoms with Crippen LogP contribution in [0.4, 0.5) is 0 Å². The van der Waals surface area contributed by atoms with Gasteiger partial charge >= 0.3 is 0 Å². The number of guanidine groups is 1. The predicted octanol–water partition coefficient (Wildman–Crippen LogP) is 2.91. The van der Waals surface area contributed by atoms with Crippen LogP contribution in [0.15, 0.2) is 23.2 Å². The molecule has 0 saturated carbocycles. The van der Waals surface area contributed by atoms with E-state index in [-0.39, 0.29) is 0 Å². The van der Waals surface area contributed by atoms with Crippen LogP contribution in [0.3, 0.4) is 0 Å². The van der Waals surface area contributed by atoms with Crippen LogP contribution in [0, 0.1) is 0 Å². The quantitative estimate of drug-likeness (QED) is 0.645. The van der Waals surface area contributed by atoms with Crippen LogP contribution in [0.5, 0.6) is 5.75 Å². The standard InChI is InChI=1S/C15H22ClN3OS/c1-17-15(19-10-13-4-3-7-21-13)18-9-11-5-6-12(16)8-14(11)20-2/h5-6,8,13H,3-4,7,9-10H2,1-2H3,(H2,17,18,19). The number of benzene rings is 1. The first kappa shape index (κ1) is 16.3. The Hall–Kier alpha value is -1.07. The number of halogens is 1. The predicted molar refractivity (Wildman–Crippen MR) is 91.7 cm³/mol. The van der Waals surface area contributed by atoms with Crippen LogP contribution in [-0.4, -0.2) is 37.7 Å². The Morgan fingerprint density at radius 2 is 2.33 bits per heavy atom. The summed E-state index contributed by atoms with van der Waals surface area (Å²) in [7, 11) is 3.44. The third kappa shape index (κ3) is 5.00. The molecule has 6 heteroatoms. The van der Waals surface area contributed by atoms with Crippen molar-refractivity contribution < 1.29 is 4.74 Å². The Bertz CT molecular complexity index is 490. The zero-order valence-electron chi connectivity index (χ0n) is 12.5. The Kier molecular flexibility index (Phi) is 6.51. The summed E-state index contributed by atoms with van der Waals surface area (Å²) in [4.78, 5) is 4.26. The van der Waals surface area contributed by atoms with Gasteiger partial charge in [0.1, 0.15) is 5.75 Å². The van der Waals surface area contributed by atoms with E-state index < -0.39 is 0 Å². The first-order chi connectivity index (χ1) is 10.2. The van der Waals surface area contributed by atoms with E-state index in [0.717, 1.165) is 23.8 Å². The van der Waals surface area contributed by atoms with Crippen molar-refractivity contribution in [3.05, 3.63) is 28.8 Å². The van der Waals surface area contributed by atoms with Crippen LogP contribution < -0.4 is 15.4 Å². The number of hydrogen-bond donors (Lipinski definition) is 2. The molecule has 1 aliphatic rings. The van der Waals surface area contributed by atoms with E-state index in [0.29, 0.717) is 16.8 Å². The Morgan fingerprint density at radius 3 is 3.00 bits per heavy atom. The van der Waals surface area contributed by atoms with E-state index in [1.165, 1.54) is 18.6 Å². The van der Waals surface area contributed by atoms with E-state index >= 15 is 0 Å². The van der Waals surface area contributed by atoms with Gasteiger partial charge in [-0.05, 0) is 30.7 Å². The van der Waals surface area contributed by atoms with Gasteiger partial charge in [0.15, 0.2) is 5.96 Å². The maximum Gasteiger partial charge on any atom is 0.191 e. The Morgan fingerprint density at radius 1 is 1.48 bits per heavy atom. The van der Waals surface area contributed by atoms with E-state index in [1.54, 1.807) is 14.2 Å². The maximum atomic E-state index is 5.97. The van der Waals surface area contributed by atoms with Gasteiger partial charge in [-0.3, -0.25) is 4.99 Å². The van der Waals surface area contributed by atoms with Gasteiger partial charge in [-0.15, -0.1) is 0 Å². The third-order valence-corrected chi connectivity index (χ3v) is 5.07. The number of ether oxygens (including phenoxy) is 1. The minimum absolute atomic E-state index is 0.651. The molecule has 2 rings (SSSR count). The summed E-state index contributed by atoms with van der Waals surface area (Å²) in [6.45, 7) is 1.61. The summed E-state index contributed by atoms with van der Waals surface area (Å²) >= 11 is 8.01. The number of thioether (sulfide) groups is 1. The zero-order chi connectivity index (χ0) is 15.1. The lowest BCUT2D eigenvalue weighted by molar-refractivity contribution is 0.409. The summed E-state index contributed by atoms with van der Waals surface area (Å²) < 4.78 is 5.35. The van der Waals surface area contributed by atoms with Crippen LogP contribution in [-0.2, 0) is 6.54 Å². The minimum atomic E-state index is 0.651. The van der Waals surface area contributed by atoms with E-state index in [2.05, 4.69) is 15.6 Å². The van der Waals surface area contributed by atoms with Crippen molar-refractivity contribution in [2.24, 2.45) is 4.99 Å². The molecule has 116 valence electrons. The van der Waals surface area contributed by atoms with Gasteiger partial charge in [0.25, 0.3) is 0 Å². The largest absolute Gasteiger partial charge is 0.496 e. The smallest absolute Gasteiger partial charge is 0.191 e. The van der Waals surface area contributed by atoms with Crippen molar-refractivity contribution in [2.45, 2.75) is 24.6 Å². The highest BCUT2D eigenvalue weighted by Crippen LogP contribution is 2.25. The van der Waals surface area contributed by atoms with Crippen molar-refractivity contribution in [3.63, 3.8) is 0 Å². The average molecular weight is 328 g/mol. The molecule has 1 aromatic carbocycles. The Labute approximate surface area is 135 Å². The number of methoxy groups -OCH3 is 1. The highest BCUT2D eigenvalue weighted by Gasteiger charge is 2.15. The second-order valence-corrected chi connectivity index (χ2v) is 6.74. The second kappa shape index (κ2) is 8.39. The first-order valence-electron chi connectivity index (χ1n) is 7.11. The highest BCUT2D eigenvalue weighted by atomic mass is 35.5. The van der Waals surface area contributed by atoms with E-state index in [9.17, 15) is 0 Å². The number of rotatable bonds is 5. The molecule has 0 radical (unpaired) electrons. The molecule has 0 aliphatic carbocycles. The van der Waals surface area contributed by atoms with Crippen LogP contribution >= 0.6 is 23.4 Å². The fraction of sp³-hybridized carbons (Fsp3) is 0.533. The first-order valence-corrected chi connectivity index (χ1v) is 8.54. The van der Waals surface area contributed by atoms with Gasteiger partial charge in [0.05, 0.1) is 7.11 Å². The molecule has 1 heterocycles. The SMILES string of the molecule is CN=C(NCc1ccc(Cl)cc1OC)NCC1CCCS1. The molecule has 1 fully saturated rings. The topological polar surface area (TPSA) is 45.7 Å². The third-order valence-electron chi connectivity index (χ3n) is 3.44. The average Bonchev–Trinajstić information content (AvgIpc) is 3.01. The van der Waals surface area contributed by atoms with E-state index in [4.69, 9.17) is 16.3 Å². The van der Waals surface area contributed by atoms with Crippen LogP contribution in [0.1, 0.15) is 18.4 Å². The Balaban J connectivity index is 1.85. The number of nitrogens with one attached hydrogen (secondary N) is 2. The molecule has 0 amide bonds. The number of nitrogens with zero attached hydrogens (tertiary/aromatic N) is 1. The molecule has 4 nitrogen and oxygen atoms in total. The molecule has 21 heavy (non-hydrogen) atoms.